The summed E-state index contributed by atoms with van der Waals surface area (Å²) in [7, 11) is 0. The van der Waals surface area contributed by atoms with Crippen molar-refractivity contribution in [2.75, 3.05) is 25.0 Å². The lowest BCUT2D eigenvalue weighted by Gasteiger charge is -2.20. The van der Waals surface area contributed by atoms with Gasteiger partial charge in [-0.1, -0.05) is 31.2 Å². The van der Waals surface area contributed by atoms with E-state index in [4.69, 9.17) is 4.74 Å². The molecule has 2 aromatic carbocycles. The van der Waals surface area contributed by atoms with E-state index < -0.39 is 0 Å². The molecule has 0 unspecified atom stereocenters. The van der Waals surface area contributed by atoms with Crippen LogP contribution in [0, 0.1) is 5.82 Å². The van der Waals surface area contributed by atoms with E-state index in [1.807, 2.05) is 24.4 Å². The van der Waals surface area contributed by atoms with Gasteiger partial charge in [0.05, 0.1) is 5.57 Å². The maximum atomic E-state index is 13.8. The van der Waals surface area contributed by atoms with Crippen LogP contribution in [0.15, 0.2) is 60.8 Å². The Balaban J connectivity index is 1.30. The topological polar surface area (TPSA) is 54.5 Å². The number of anilines is 1. The Hall–Kier alpha value is -3.51. The number of benzene rings is 2. The van der Waals surface area contributed by atoms with E-state index >= 15 is 0 Å². The third-order valence-corrected chi connectivity index (χ3v) is 6.31. The smallest absolute Gasteiger partial charge is 0.260 e. The number of nitrogens with one attached hydrogen (secondary N) is 1. The monoisotopic (exact) mass is 443 g/mol. The van der Waals surface area contributed by atoms with Gasteiger partial charge in [-0.15, -0.1) is 0 Å². The van der Waals surface area contributed by atoms with Crippen molar-refractivity contribution in [3.05, 3.63) is 94.6 Å². The first kappa shape index (κ1) is 21.3. The molecule has 0 saturated carbocycles. The number of fused-ring (bicyclic) bond motifs is 2. The zero-order valence-corrected chi connectivity index (χ0v) is 18.6. The standard InChI is InChI=1S/C27H26FN3O2/c1-2-31(14-11-21-5-3-4-12-29-21)13-10-18-6-8-22-19(15-18)17-33-26(22)25-23-16-20(28)7-9-24(23)30-27(25)32/h3-9,12,15-16H,2,10-11,13-14,17H2,1H3,(H,30,32). The molecule has 0 bridgehead atoms. The molecule has 3 aromatic rings. The summed E-state index contributed by atoms with van der Waals surface area (Å²) in [5.41, 5.74) is 5.89. The van der Waals surface area contributed by atoms with Crippen molar-refractivity contribution in [3.8, 4) is 0 Å². The molecule has 5 rings (SSSR count). The predicted octanol–water partition coefficient (Wildman–Crippen LogP) is 4.68. The van der Waals surface area contributed by atoms with Crippen molar-refractivity contribution in [2.24, 2.45) is 0 Å². The summed E-state index contributed by atoms with van der Waals surface area (Å²) >= 11 is 0. The Bertz CT molecular complexity index is 1220. The number of carbonyl (C=O) groups excluding carboxylic acids is 1. The highest BCUT2D eigenvalue weighted by Gasteiger charge is 2.32. The SMILES string of the molecule is CCN(CCc1ccc2c(c1)COC2=C1C(=O)Nc2ccc(F)cc21)CCc1ccccn1. The van der Waals surface area contributed by atoms with Crippen molar-refractivity contribution in [1.82, 2.24) is 9.88 Å². The van der Waals surface area contributed by atoms with Crippen LogP contribution in [0.3, 0.4) is 0 Å². The van der Waals surface area contributed by atoms with Crippen molar-refractivity contribution in [3.63, 3.8) is 0 Å². The number of carbonyl (C=O) groups is 1. The van der Waals surface area contributed by atoms with Gasteiger partial charge in [0.25, 0.3) is 5.91 Å². The largest absolute Gasteiger partial charge is 0.487 e. The van der Waals surface area contributed by atoms with Gasteiger partial charge in [-0.2, -0.15) is 0 Å². The van der Waals surface area contributed by atoms with Crippen LogP contribution >= 0.6 is 0 Å². The van der Waals surface area contributed by atoms with E-state index in [2.05, 4.69) is 40.3 Å². The second kappa shape index (κ2) is 9.16. The molecule has 0 saturated heterocycles. The molecule has 6 heteroatoms. The fourth-order valence-electron chi connectivity index (χ4n) is 4.48. The Morgan fingerprint density at radius 1 is 1.06 bits per heavy atom. The molecule has 1 amide bonds. The molecular weight excluding hydrogens is 417 g/mol. The highest BCUT2D eigenvalue weighted by molar-refractivity contribution is 6.36. The van der Waals surface area contributed by atoms with Crippen molar-refractivity contribution in [2.45, 2.75) is 26.4 Å². The van der Waals surface area contributed by atoms with Gasteiger partial charge < -0.3 is 15.0 Å². The molecular formula is C27H26FN3O2. The number of hydrogen-bond acceptors (Lipinski definition) is 4. The van der Waals surface area contributed by atoms with Gasteiger partial charge in [0, 0.05) is 53.8 Å². The number of ether oxygens (including phenoxy) is 1. The fourth-order valence-corrected chi connectivity index (χ4v) is 4.48. The highest BCUT2D eigenvalue weighted by atomic mass is 19.1. The first-order valence-electron chi connectivity index (χ1n) is 11.3. The summed E-state index contributed by atoms with van der Waals surface area (Å²) in [5, 5.41) is 2.80. The summed E-state index contributed by atoms with van der Waals surface area (Å²) in [6, 6.07) is 16.6. The number of aromatic nitrogens is 1. The van der Waals surface area contributed by atoms with Crippen LogP contribution < -0.4 is 5.32 Å². The zero-order chi connectivity index (χ0) is 22.8. The van der Waals surface area contributed by atoms with Crippen molar-refractivity contribution in [1.29, 1.82) is 0 Å². The van der Waals surface area contributed by atoms with Gasteiger partial charge >= 0.3 is 0 Å². The minimum atomic E-state index is -0.375. The molecule has 0 aliphatic carbocycles. The van der Waals surface area contributed by atoms with Gasteiger partial charge in [0.1, 0.15) is 18.2 Å². The van der Waals surface area contributed by atoms with Crippen LogP contribution in [-0.4, -0.2) is 35.4 Å². The molecule has 2 aliphatic rings. The fraction of sp³-hybridized carbons (Fsp3) is 0.259. The van der Waals surface area contributed by atoms with Crippen molar-refractivity contribution >= 4 is 22.9 Å². The van der Waals surface area contributed by atoms with Crippen LogP contribution in [0.25, 0.3) is 11.3 Å². The summed E-state index contributed by atoms with van der Waals surface area (Å²) < 4.78 is 19.8. The van der Waals surface area contributed by atoms with Gasteiger partial charge in [0.15, 0.2) is 0 Å². The Labute approximate surface area is 192 Å². The summed E-state index contributed by atoms with van der Waals surface area (Å²) in [5.74, 6) is -0.0987. The van der Waals surface area contributed by atoms with E-state index in [1.165, 1.54) is 17.7 Å². The molecule has 0 atom stereocenters. The lowest BCUT2D eigenvalue weighted by atomic mass is 9.98. The second-order valence-corrected chi connectivity index (χ2v) is 8.38. The summed E-state index contributed by atoms with van der Waals surface area (Å²) in [6.45, 7) is 5.52. The summed E-state index contributed by atoms with van der Waals surface area (Å²) in [4.78, 5) is 19.4. The number of rotatable bonds is 7. The molecule has 0 fully saturated rings. The van der Waals surface area contributed by atoms with Crippen LogP contribution in [0.5, 0.6) is 0 Å². The zero-order valence-electron chi connectivity index (χ0n) is 18.6. The van der Waals surface area contributed by atoms with E-state index in [0.29, 0.717) is 29.2 Å². The van der Waals surface area contributed by atoms with Crippen LogP contribution in [0.2, 0.25) is 0 Å². The molecule has 168 valence electrons. The number of amides is 1. The average molecular weight is 444 g/mol. The molecule has 3 heterocycles. The molecule has 1 N–H and O–H groups in total. The third kappa shape index (κ3) is 4.39. The number of halogens is 1. The average Bonchev–Trinajstić information content (AvgIpc) is 3.38. The van der Waals surface area contributed by atoms with E-state index in [-0.39, 0.29) is 11.7 Å². The van der Waals surface area contributed by atoms with Gasteiger partial charge in [-0.25, -0.2) is 4.39 Å². The molecule has 0 spiro atoms. The Morgan fingerprint density at radius 2 is 1.94 bits per heavy atom. The molecule has 5 nitrogen and oxygen atoms in total. The third-order valence-electron chi connectivity index (χ3n) is 6.31. The first-order valence-corrected chi connectivity index (χ1v) is 11.3. The van der Waals surface area contributed by atoms with Gasteiger partial charge in [-0.05, 0) is 48.9 Å². The summed E-state index contributed by atoms with van der Waals surface area (Å²) in [6.07, 6.45) is 3.71. The molecule has 1 aromatic heterocycles. The predicted molar refractivity (Wildman–Crippen MR) is 127 cm³/mol. The Kier molecular flexibility index (Phi) is 5.92. The number of likely N-dealkylation sites (N-methyl/N-ethyl adjacent to an activating group) is 1. The van der Waals surface area contributed by atoms with E-state index in [0.717, 1.165) is 49.3 Å². The minimum absolute atomic E-state index is 0.256. The van der Waals surface area contributed by atoms with Crippen molar-refractivity contribution < 1.29 is 13.9 Å². The van der Waals surface area contributed by atoms with Crippen LogP contribution in [0.4, 0.5) is 10.1 Å². The quantitative estimate of drug-likeness (QED) is 0.539. The number of pyridine rings is 1. The van der Waals surface area contributed by atoms with Gasteiger partial charge in [-0.3, -0.25) is 9.78 Å². The lowest BCUT2D eigenvalue weighted by molar-refractivity contribution is -0.110. The highest BCUT2D eigenvalue weighted by Crippen LogP contribution is 2.41. The number of hydrogen-bond donors (Lipinski definition) is 1. The maximum Gasteiger partial charge on any atom is 0.260 e. The first-order chi connectivity index (χ1) is 16.1. The molecule has 33 heavy (non-hydrogen) atoms. The maximum absolute atomic E-state index is 13.8. The Morgan fingerprint density at radius 3 is 2.76 bits per heavy atom. The minimum Gasteiger partial charge on any atom is -0.487 e. The number of nitrogens with zero attached hydrogens (tertiary/aromatic N) is 2. The van der Waals surface area contributed by atoms with E-state index in [1.54, 1.807) is 6.07 Å². The normalized spacial score (nSPS) is 16.5. The van der Waals surface area contributed by atoms with E-state index in [9.17, 15) is 9.18 Å². The van der Waals surface area contributed by atoms with Gasteiger partial charge in [0.2, 0.25) is 0 Å². The van der Waals surface area contributed by atoms with Crippen LogP contribution in [0.1, 0.15) is 34.9 Å². The second-order valence-electron chi connectivity index (χ2n) is 8.38. The van der Waals surface area contributed by atoms with Crippen LogP contribution in [-0.2, 0) is 29.0 Å². The molecule has 2 aliphatic heterocycles. The lowest BCUT2D eigenvalue weighted by Crippen LogP contribution is -2.28. The molecule has 0 radical (unpaired) electrons.